The maximum Gasteiger partial charge on any atom is 0.328 e. The van der Waals surface area contributed by atoms with E-state index in [1.807, 2.05) is 43.1 Å². The van der Waals surface area contributed by atoms with Crippen molar-refractivity contribution in [3.63, 3.8) is 0 Å². The van der Waals surface area contributed by atoms with Crippen molar-refractivity contribution in [2.24, 2.45) is 5.10 Å². The molecule has 2 fully saturated rings. The van der Waals surface area contributed by atoms with Crippen molar-refractivity contribution in [3.05, 3.63) is 48.0 Å². The number of urea groups is 1. The zero-order valence-corrected chi connectivity index (χ0v) is 16.5. The highest BCUT2D eigenvalue weighted by molar-refractivity contribution is 6.01. The summed E-state index contributed by atoms with van der Waals surface area (Å²) in [6, 6.07) is 7.10. The number of hydrazone groups is 1. The van der Waals surface area contributed by atoms with Crippen molar-refractivity contribution in [1.29, 1.82) is 0 Å². The molecule has 3 aliphatic heterocycles. The van der Waals surface area contributed by atoms with Crippen LogP contribution < -0.4 is 5.32 Å². The third-order valence-electron chi connectivity index (χ3n) is 5.66. The van der Waals surface area contributed by atoms with E-state index in [1.54, 1.807) is 18.0 Å². The number of likely N-dealkylation sites (N-methyl/N-ethyl adjacent to an activating group) is 1. The fourth-order valence-corrected chi connectivity index (χ4v) is 4.23. The number of carbonyl (C=O) groups excluding carboxylic acids is 2. The second-order valence-corrected chi connectivity index (χ2v) is 7.59. The Hall–Kier alpha value is -2.71. The number of imide groups is 1. The molecule has 3 amide bonds. The lowest BCUT2D eigenvalue weighted by molar-refractivity contribution is -0.139. The van der Waals surface area contributed by atoms with Gasteiger partial charge in [-0.3, -0.25) is 20.0 Å². The third-order valence-corrected chi connectivity index (χ3v) is 5.66. The lowest BCUT2D eigenvalue weighted by atomic mass is 10.1. The van der Waals surface area contributed by atoms with Gasteiger partial charge in [0.2, 0.25) is 0 Å². The number of nitrogens with one attached hydrogen (secondary N) is 1. The number of hydrogen-bond donors (Lipinski definition) is 1. The number of nitrogens with zero attached hydrogens (tertiary/aromatic N) is 5. The van der Waals surface area contributed by atoms with Gasteiger partial charge < -0.3 is 4.90 Å². The van der Waals surface area contributed by atoms with Gasteiger partial charge in [0, 0.05) is 19.3 Å². The molecule has 3 unspecified atom stereocenters. The third kappa shape index (κ3) is 2.89. The number of amides is 3. The summed E-state index contributed by atoms with van der Waals surface area (Å²) >= 11 is 0. The number of benzene rings is 1. The summed E-state index contributed by atoms with van der Waals surface area (Å²) in [6.45, 7) is 9.16. The molecule has 0 aliphatic carbocycles. The molecule has 0 radical (unpaired) electrons. The number of rotatable bonds is 4. The molecule has 28 heavy (non-hydrogen) atoms. The molecule has 0 spiro atoms. The van der Waals surface area contributed by atoms with Crippen LogP contribution in [-0.4, -0.2) is 76.0 Å². The topological polar surface area (TPSA) is 71.5 Å². The predicted octanol–water partition coefficient (Wildman–Crippen LogP) is 1.15. The molecule has 8 nitrogen and oxygen atoms in total. The molecule has 3 aliphatic rings. The summed E-state index contributed by atoms with van der Waals surface area (Å²) in [4.78, 5) is 31.5. The van der Waals surface area contributed by atoms with Crippen LogP contribution in [0.2, 0.25) is 0 Å². The van der Waals surface area contributed by atoms with E-state index in [0.29, 0.717) is 13.1 Å². The Kier molecular flexibility index (Phi) is 4.68. The Morgan fingerprint density at radius 1 is 1.29 bits per heavy atom. The average molecular weight is 382 g/mol. The van der Waals surface area contributed by atoms with Gasteiger partial charge in [-0.05, 0) is 25.0 Å². The van der Waals surface area contributed by atoms with Crippen LogP contribution in [0.5, 0.6) is 0 Å². The van der Waals surface area contributed by atoms with Gasteiger partial charge in [0.25, 0.3) is 5.91 Å². The summed E-state index contributed by atoms with van der Waals surface area (Å²) in [5.74, 6) is -0.167. The number of aryl methyl sites for hydroxylation is 1. The minimum absolute atomic E-state index is 0.167. The zero-order chi connectivity index (χ0) is 20.0. The van der Waals surface area contributed by atoms with Gasteiger partial charge in [-0.1, -0.05) is 30.3 Å². The van der Waals surface area contributed by atoms with E-state index in [-0.39, 0.29) is 30.9 Å². The van der Waals surface area contributed by atoms with E-state index >= 15 is 0 Å². The Bertz CT molecular complexity index is 853. The quantitative estimate of drug-likeness (QED) is 0.791. The predicted molar refractivity (Wildman–Crippen MR) is 106 cm³/mol. The highest BCUT2D eigenvalue weighted by atomic mass is 16.2. The Morgan fingerprint density at radius 2 is 2.04 bits per heavy atom. The normalized spacial score (nSPS) is 27.6. The van der Waals surface area contributed by atoms with Gasteiger partial charge >= 0.3 is 6.03 Å². The van der Waals surface area contributed by atoms with E-state index in [4.69, 9.17) is 0 Å². The van der Waals surface area contributed by atoms with Gasteiger partial charge in [-0.2, -0.15) is 5.10 Å². The van der Waals surface area contributed by atoms with Gasteiger partial charge in [0.05, 0.1) is 13.1 Å². The minimum Gasteiger partial charge on any atom is -0.310 e. The van der Waals surface area contributed by atoms with Crippen LogP contribution in [0, 0.1) is 6.92 Å². The molecule has 1 aromatic rings. The Balaban J connectivity index is 1.65. The molecule has 1 aromatic carbocycles. The highest BCUT2D eigenvalue weighted by Gasteiger charge is 2.56. The summed E-state index contributed by atoms with van der Waals surface area (Å²) < 4.78 is 0. The molecule has 148 valence electrons. The largest absolute Gasteiger partial charge is 0.328 e. The monoisotopic (exact) mass is 382 g/mol. The van der Waals surface area contributed by atoms with E-state index in [9.17, 15) is 9.59 Å². The summed E-state index contributed by atoms with van der Waals surface area (Å²) in [6.07, 6.45) is 1.16. The maximum absolute atomic E-state index is 13.4. The lowest BCUT2D eigenvalue weighted by Gasteiger charge is -2.42. The Labute approximate surface area is 165 Å². The van der Waals surface area contributed by atoms with Gasteiger partial charge in [0.1, 0.15) is 12.2 Å². The molecular formula is C20H26N6O2. The molecule has 0 bridgehead atoms. The number of carbonyl (C=O) groups is 2. The van der Waals surface area contributed by atoms with Crippen molar-refractivity contribution in [2.45, 2.75) is 38.9 Å². The van der Waals surface area contributed by atoms with E-state index in [1.165, 1.54) is 4.90 Å². The molecular weight excluding hydrogens is 356 g/mol. The van der Waals surface area contributed by atoms with Crippen LogP contribution in [0.15, 0.2) is 42.0 Å². The lowest BCUT2D eigenvalue weighted by Crippen LogP contribution is -2.66. The molecule has 8 heteroatoms. The first-order valence-corrected chi connectivity index (χ1v) is 9.48. The molecule has 2 saturated heterocycles. The van der Waals surface area contributed by atoms with Crippen LogP contribution >= 0.6 is 0 Å². The average Bonchev–Trinajstić information content (AvgIpc) is 3.05. The van der Waals surface area contributed by atoms with Gasteiger partial charge in [-0.25, -0.2) is 9.69 Å². The molecule has 3 atom stereocenters. The molecule has 0 saturated carbocycles. The van der Waals surface area contributed by atoms with Crippen molar-refractivity contribution in [3.8, 4) is 0 Å². The smallest absolute Gasteiger partial charge is 0.310 e. The van der Waals surface area contributed by atoms with Crippen LogP contribution in [0.3, 0.4) is 0 Å². The van der Waals surface area contributed by atoms with Crippen molar-refractivity contribution < 1.29 is 9.59 Å². The van der Waals surface area contributed by atoms with Crippen LogP contribution in [0.4, 0.5) is 4.79 Å². The van der Waals surface area contributed by atoms with Crippen molar-refractivity contribution in [1.82, 2.24) is 25.0 Å². The van der Waals surface area contributed by atoms with Gasteiger partial charge in [-0.15, -0.1) is 6.58 Å². The molecule has 1 N–H and O–H groups in total. The summed E-state index contributed by atoms with van der Waals surface area (Å²) in [7, 11) is 1.74. The second kappa shape index (κ2) is 7.03. The summed E-state index contributed by atoms with van der Waals surface area (Å²) in [5, 5.41) is 9.87. The number of fused-ring (bicyclic) bond motifs is 3. The maximum atomic E-state index is 13.4. The summed E-state index contributed by atoms with van der Waals surface area (Å²) in [5.41, 5.74) is 2.97. The highest BCUT2D eigenvalue weighted by Crippen LogP contribution is 2.31. The SMILES string of the molecule is C=CCN1N=C(C)CN2C3C(=O)N(Cc4ccccc4C)C(=O)N(C)C3NC12. The first-order valence-electron chi connectivity index (χ1n) is 9.48. The van der Waals surface area contributed by atoms with Crippen LogP contribution in [0.25, 0.3) is 0 Å². The van der Waals surface area contributed by atoms with Crippen molar-refractivity contribution in [2.75, 3.05) is 20.1 Å². The van der Waals surface area contributed by atoms with E-state index in [2.05, 4.69) is 21.9 Å². The van der Waals surface area contributed by atoms with E-state index < -0.39 is 6.04 Å². The second-order valence-electron chi connectivity index (χ2n) is 7.59. The molecule has 0 aromatic heterocycles. The molecule has 4 rings (SSSR count). The fraction of sp³-hybridized carbons (Fsp3) is 0.450. The van der Waals surface area contributed by atoms with Crippen LogP contribution in [-0.2, 0) is 11.3 Å². The zero-order valence-electron chi connectivity index (χ0n) is 16.5. The number of hydrogen-bond acceptors (Lipinski definition) is 6. The first-order chi connectivity index (χ1) is 13.4. The van der Waals surface area contributed by atoms with Crippen LogP contribution in [0.1, 0.15) is 18.1 Å². The minimum atomic E-state index is -0.450. The molecule has 3 heterocycles. The standard InChI is InChI=1S/C20H26N6O2/c1-5-10-26-19-21-17-16(24(19)11-14(3)22-26)18(27)25(20(28)23(17)4)12-15-9-7-6-8-13(15)2/h5-9,16-17,19,21H,1,10-12H2,2-4H3. The van der Waals surface area contributed by atoms with Crippen molar-refractivity contribution >= 4 is 17.6 Å². The first kappa shape index (κ1) is 18.6. The Morgan fingerprint density at radius 3 is 2.75 bits per heavy atom. The van der Waals surface area contributed by atoms with Gasteiger partial charge in [0.15, 0.2) is 6.29 Å². The fourth-order valence-electron chi connectivity index (χ4n) is 4.23. The van der Waals surface area contributed by atoms with E-state index in [0.717, 1.165) is 16.8 Å².